The number of carbonyl (C=O) groups is 1. The number of likely N-dealkylation sites (tertiary alicyclic amines) is 1. The second-order valence-electron chi connectivity index (χ2n) is 6.10. The summed E-state index contributed by atoms with van der Waals surface area (Å²) < 4.78 is 14.5. The summed E-state index contributed by atoms with van der Waals surface area (Å²) in [6.45, 7) is 0.953. The number of aromatic nitrogens is 1. The first-order chi connectivity index (χ1) is 9.98. The van der Waals surface area contributed by atoms with E-state index in [4.69, 9.17) is 0 Å². The van der Waals surface area contributed by atoms with E-state index >= 15 is 0 Å². The lowest BCUT2D eigenvalue weighted by molar-refractivity contribution is 0.0759. The molecule has 4 rings (SSSR count). The number of nitrogens with one attached hydrogen (secondary N) is 1. The molecule has 1 saturated carbocycles. The largest absolute Gasteiger partial charge is 0.391 e. The van der Waals surface area contributed by atoms with E-state index in [0.29, 0.717) is 34.2 Å². The number of rotatable bonds is 1. The molecule has 21 heavy (non-hydrogen) atoms. The van der Waals surface area contributed by atoms with E-state index in [9.17, 15) is 14.3 Å². The summed E-state index contributed by atoms with van der Waals surface area (Å²) in [4.78, 5) is 17.2. The maximum atomic E-state index is 13.9. The number of halogens is 2. The van der Waals surface area contributed by atoms with Crippen molar-refractivity contribution in [2.24, 2.45) is 5.41 Å². The molecule has 1 aliphatic carbocycles. The molecule has 0 radical (unpaired) electrons. The molecule has 1 atom stereocenters. The molecule has 4 nitrogen and oxygen atoms in total. The first-order valence-corrected chi connectivity index (χ1v) is 7.73. The number of fused-ring (bicyclic) bond motifs is 1. The van der Waals surface area contributed by atoms with Crippen LogP contribution in [0.2, 0.25) is 0 Å². The van der Waals surface area contributed by atoms with Crippen LogP contribution < -0.4 is 0 Å². The standard InChI is InChI=1S/C15H14BrFN2O2/c16-8-3-10(17)9-5-12(18-11(9)4-8)14(21)19-6-13(20)15(7-19)1-2-15/h3-5,13,18,20H,1-2,6-7H2. The Morgan fingerprint density at radius 3 is 2.86 bits per heavy atom. The van der Waals surface area contributed by atoms with Crippen LogP contribution in [0.25, 0.3) is 10.9 Å². The maximum Gasteiger partial charge on any atom is 0.270 e. The number of benzene rings is 1. The molecule has 2 heterocycles. The van der Waals surface area contributed by atoms with Crippen molar-refractivity contribution in [1.82, 2.24) is 9.88 Å². The number of hydrogen-bond acceptors (Lipinski definition) is 2. The minimum Gasteiger partial charge on any atom is -0.391 e. The highest BCUT2D eigenvalue weighted by molar-refractivity contribution is 9.10. The summed E-state index contributed by atoms with van der Waals surface area (Å²) >= 11 is 3.24. The summed E-state index contributed by atoms with van der Waals surface area (Å²) in [5.74, 6) is -0.542. The Balaban J connectivity index is 1.67. The Morgan fingerprint density at radius 2 is 2.19 bits per heavy atom. The Bertz CT molecular complexity index is 753. The Morgan fingerprint density at radius 1 is 1.43 bits per heavy atom. The zero-order valence-corrected chi connectivity index (χ0v) is 12.8. The monoisotopic (exact) mass is 352 g/mol. The number of amides is 1. The van der Waals surface area contributed by atoms with E-state index < -0.39 is 6.10 Å². The quantitative estimate of drug-likeness (QED) is 0.828. The van der Waals surface area contributed by atoms with Crippen LogP contribution in [0.4, 0.5) is 4.39 Å². The van der Waals surface area contributed by atoms with Gasteiger partial charge in [0.25, 0.3) is 5.91 Å². The van der Waals surface area contributed by atoms with Crippen molar-refractivity contribution in [2.45, 2.75) is 18.9 Å². The number of carbonyl (C=O) groups excluding carboxylic acids is 1. The van der Waals surface area contributed by atoms with Gasteiger partial charge >= 0.3 is 0 Å². The predicted octanol–water partition coefficient (Wildman–Crippen LogP) is 2.67. The van der Waals surface area contributed by atoms with Gasteiger partial charge in [-0.15, -0.1) is 0 Å². The summed E-state index contributed by atoms with van der Waals surface area (Å²) in [5.41, 5.74) is 0.883. The van der Waals surface area contributed by atoms with Crippen LogP contribution in [0.1, 0.15) is 23.3 Å². The first-order valence-electron chi connectivity index (χ1n) is 6.94. The van der Waals surface area contributed by atoms with Crippen molar-refractivity contribution < 1.29 is 14.3 Å². The fourth-order valence-electron chi connectivity index (χ4n) is 3.20. The molecule has 2 N–H and O–H groups in total. The second-order valence-corrected chi connectivity index (χ2v) is 7.01. The summed E-state index contributed by atoms with van der Waals surface area (Å²) in [6, 6.07) is 4.67. The minimum atomic E-state index is -0.434. The fraction of sp³-hybridized carbons (Fsp3) is 0.400. The number of H-pyrrole nitrogens is 1. The van der Waals surface area contributed by atoms with Crippen molar-refractivity contribution in [3.8, 4) is 0 Å². The van der Waals surface area contributed by atoms with Gasteiger partial charge in [0.2, 0.25) is 0 Å². The van der Waals surface area contributed by atoms with Crippen molar-refractivity contribution in [3.05, 3.63) is 34.2 Å². The van der Waals surface area contributed by atoms with Crippen LogP contribution in [0.3, 0.4) is 0 Å². The molecule has 1 aromatic carbocycles. The molecule has 110 valence electrons. The molecule has 0 bridgehead atoms. The predicted molar refractivity (Wildman–Crippen MR) is 79.5 cm³/mol. The molecule has 1 aromatic heterocycles. The van der Waals surface area contributed by atoms with Gasteiger partial charge in [0.05, 0.1) is 11.6 Å². The summed E-state index contributed by atoms with van der Waals surface area (Å²) in [5, 5.41) is 10.4. The Kier molecular flexibility index (Phi) is 2.72. The zero-order chi connectivity index (χ0) is 14.8. The topological polar surface area (TPSA) is 56.3 Å². The van der Waals surface area contributed by atoms with Crippen LogP contribution in [-0.2, 0) is 0 Å². The third kappa shape index (κ3) is 2.00. The van der Waals surface area contributed by atoms with Crippen LogP contribution >= 0.6 is 15.9 Å². The van der Waals surface area contributed by atoms with E-state index in [1.165, 1.54) is 6.07 Å². The van der Waals surface area contributed by atoms with Gasteiger partial charge < -0.3 is 15.0 Å². The van der Waals surface area contributed by atoms with Gasteiger partial charge in [0.15, 0.2) is 0 Å². The lowest BCUT2D eigenvalue weighted by Gasteiger charge is -2.14. The number of aliphatic hydroxyl groups is 1. The third-order valence-electron chi connectivity index (χ3n) is 4.67. The van der Waals surface area contributed by atoms with Gasteiger partial charge in [0.1, 0.15) is 11.5 Å². The van der Waals surface area contributed by atoms with Crippen molar-refractivity contribution in [3.63, 3.8) is 0 Å². The minimum absolute atomic E-state index is 0.0735. The highest BCUT2D eigenvalue weighted by Crippen LogP contribution is 2.52. The Hall–Kier alpha value is -1.40. The molecule has 6 heteroatoms. The summed E-state index contributed by atoms with van der Waals surface area (Å²) in [7, 11) is 0. The number of β-amino-alcohol motifs (C(OH)–C–C–N with tert-alkyl or cyclic N) is 1. The number of aliphatic hydroxyl groups excluding tert-OH is 1. The number of aromatic amines is 1. The fourth-order valence-corrected chi connectivity index (χ4v) is 3.63. The maximum absolute atomic E-state index is 13.9. The lowest BCUT2D eigenvalue weighted by atomic mass is 10.0. The average molecular weight is 353 g/mol. The lowest BCUT2D eigenvalue weighted by Crippen LogP contribution is -2.29. The van der Waals surface area contributed by atoms with Gasteiger partial charge in [0, 0.05) is 28.4 Å². The zero-order valence-electron chi connectivity index (χ0n) is 11.2. The van der Waals surface area contributed by atoms with E-state index in [1.807, 2.05) is 0 Å². The Labute approximate surface area is 129 Å². The molecule has 1 unspecified atom stereocenters. The molecule has 1 spiro atoms. The van der Waals surface area contributed by atoms with Gasteiger partial charge in [-0.2, -0.15) is 0 Å². The second kappa shape index (κ2) is 4.30. The van der Waals surface area contributed by atoms with E-state index in [-0.39, 0.29) is 17.1 Å². The molecule has 2 aliphatic rings. The average Bonchev–Trinajstić information content (AvgIpc) is 2.95. The molecule has 1 saturated heterocycles. The highest BCUT2D eigenvalue weighted by Gasteiger charge is 2.55. The molecular formula is C15H14BrFN2O2. The van der Waals surface area contributed by atoms with Crippen molar-refractivity contribution >= 4 is 32.7 Å². The van der Waals surface area contributed by atoms with Gasteiger partial charge in [-0.05, 0) is 31.0 Å². The number of nitrogens with zero attached hydrogens (tertiary/aromatic N) is 1. The highest BCUT2D eigenvalue weighted by atomic mass is 79.9. The van der Waals surface area contributed by atoms with E-state index in [0.717, 1.165) is 12.8 Å². The van der Waals surface area contributed by atoms with Crippen LogP contribution in [0, 0.1) is 11.2 Å². The van der Waals surface area contributed by atoms with Crippen LogP contribution in [-0.4, -0.2) is 40.1 Å². The van der Waals surface area contributed by atoms with Crippen LogP contribution in [0.15, 0.2) is 22.7 Å². The molecule has 2 aromatic rings. The normalized spacial score (nSPS) is 23.2. The van der Waals surface area contributed by atoms with Crippen molar-refractivity contribution in [2.75, 3.05) is 13.1 Å². The number of hydrogen-bond donors (Lipinski definition) is 2. The van der Waals surface area contributed by atoms with E-state index in [2.05, 4.69) is 20.9 Å². The third-order valence-corrected chi connectivity index (χ3v) is 5.13. The SMILES string of the molecule is O=C(c1cc2c(F)cc(Br)cc2[nH]1)N1CC(O)C2(CC2)C1. The van der Waals surface area contributed by atoms with Gasteiger partial charge in [-0.3, -0.25) is 4.79 Å². The van der Waals surface area contributed by atoms with Gasteiger partial charge in [-0.1, -0.05) is 15.9 Å². The summed E-state index contributed by atoms with van der Waals surface area (Å²) in [6.07, 6.45) is 1.52. The molecule has 2 fully saturated rings. The van der Waals surface area contributed by atoms with Crippen molar-refractivity contribution in [1.29, 1.82) is 0 Å². The first kappa shape index (κ1) is 13.3. The van der Waals surface area contributed by atoms with E-state index in [1.54, 1.807) is 17.0 Å². The van der Waals surface area contributed by atoms with Crippen LogP contribution in [0.5, 0.6) is 0 Å². The smallest absolute Gasteiger partial charge is 0.270 e. The molecule has 1 aliphatic heterocycles. The van der Waals surface area contributed by atoms with Gasteiger partial charge in [-0.25, -0.2) is 4.39 Å². The molecule has 1 amide bonds. The molecular weight excluding hydrogens is 339 g/mol.